The second kappa shape index (κ2) is 9.36. The molecule has 1 aromatic heterocycles. The maximum Gasteiger partial charge on any atom is 0.250 e. The standard InChI is InChI=1S/C23H22N8/c1-16(17-12-14-18(24)15-13-17)30-31-23-28-21(25-19-8-4-2-5-9-19)27-22(29-23)26-20-10-6-3-7-11-20/h2-15H,24H2,1H3,(H3,25,26,27,28,29,31). The molecule has 0 bridgehead atoms. The number of rotatable bonds is 7. The molecule has 0 aliphatic heterocycles. The number of aromatic nitrogens is 3. The zero-order chi connectivity index (χ0) is 21.5. The van der Waals surface area contributed by atoms with Crippen LogP contribution in [0.3, 0.4) is 0 Å². The minimum Gasteiger partial charge on any atom is -0.399 e. The second-order valence-corrected chi connectivity index (χ2v) is 6.72. The number of para-hydroxylation sites is 2. The lowest BCUT2D eigenvalue weighted by atomic mass is 10.1. The average Bonchev–Trinajstić information content (AvgIpc) is 2.79. The molecule has 1 heterocycles. The molecular weight excluding hydrogens is 388 g/mol. The summed E-state index contributed by atoms with van der Waals surface area (Å²) in [5.74, 6) is 1.09. The van der Waals surface area contributed by atoms with Crippen LogP contribution in [0, 0.1) is 0 Å². The van der Waals surface area contributed by atoms with E-state index in [1.807, 2.05) is 91.9 Å². The van der Waals surface area contributed by atoms with Gasteiger partial charge in [0.2, 0.25) is 17.8 Å². The van der Waals surface area contributed by atoms with Gasteiger partial charge in [0.15, 0.2) is 0 Å². The number of nitrogen functional groups attached to an aromatic ring is 1. The molecule has 154 valence electrons. The first kappa shape index (κ1) is 19.8. The van der Waals surface area contributed by atoms with E-state index in [0.29, 0.717) is 23.5 Å². The highest BCUT2D eigenvalue weighted by Crippen LogP contribution is 2.18. The highest BCUT2D eigenvalue weighted by atomic mass is 15.4. The first-order valence-electron chi connectivity index (χ1n) is 9.72. The van der Waals surface area contributed by atoms with Crippen LogP contribution in [0.4, 0.5) is 34.9 Å². The van der Waals surface area contributed by atoms with Crippen molar-refractivity contribution in [1.82, 2.24) is 15.0 Å². The molecule has 4 aromatic rings. The van der Waals surface area contributed by atoms with Gasteiger partial charge in [-0.15, -0.1) is 0 Å². The van der Waals surface area contributed by atoms with E-state index < -0.39 is 0 Å². The summed E-state index contributed by atoms with van der Waals surface area (Å²) >= 11 is 0. The van der Waals surface area contributed by atoms with E-state index in [2.05, 4.69) is 36.1 Å². The van der Waals surface area contributed by atoms with Gasteiger partial charge in [0, 0.05) is 17.1 Å². The van der Waals surface area contributed by atoms with Gasteiger partial charge in [0.05, 0.1) is 5.71 Å². The van der Waals surface area contributed by atoms with Crippen molar-refractivity contribution in [3.8, 4) is 0 Å². The average molecular weight is 410 g/mol. The van der Waals surface area contributed by atoms with Gasteiger partial charge in [0.1, 0.15) is 0 Å². The molecule has 0 atom stereocenters. The second-order valence-electron chi connectivity index (χ2n) is 6.72. The Morgan fingerprint density at radius 3 is 1.68 bits per heavy atom. The van der Waals surface area contributed by atoms with Crippen molar-refractivity contribution in [1.29, 1.82) is 0 Å². The molecule has 0 spiro atoms. The van der Waals surface area contributed by atoms with Crippen molar-refractivity contribution in [2.45, 2.75) is 6.92 Å². The van der Waals surface area contributed by atoms with Crippen LogP contribution in [0.5, 0.6) is 0 Å². The van der Waals surface area contributed by atoms with Crippen molar-refractivity contribution in [3.05, 3.63) is 90.5 Å². The van der Waals surface area contributed by atoms with E-state index in [4.69, 9.17) is 5.73 Å². The molecule has 8 heteroatoms. The van der Waals surface area contributed by atoms with E-state index in [1.165, 1.54) is 0 Å². The van der Waals surface area contributed by atoms with Gasteiger partial charge in [0.25, 0.3) is 0 Å². The quantitative estimate of drug-likeness (QED) is 0.197. The van der Waals surface area contributed by atoms with Gasteiger partial charge < -0.3 is 16.4 Å². The molecule has 8 nitrogen and oxygen atoms in total. The van der Waals surface area contributed by atoms with Crippen LogP contribution in [-0.4, -0.2) is 20.7 Å². The number of anilines is 6. The highest BCUT2D eigenvalue weighted by Gasteiger charge is 2.08. The lowest BCUT2D eigenvalue weighted by Crippen LogP contribution is -2.08. The third-order valence-electron chi connectivity index (χ3n) is 4.35. The fraction of sp³-hybridized carbons (Fsp3) is 0.0435. The largest absolute Gasteiger partial charge is 0.399 e. The Bertz CT molecular complexity index is 1100. The smallest absolute Gasteiger partial charge is 0.250 e. The number of nitrogens with one attached hydrogen (secondary N) is 3. The molecule has 0 aliphatic carbocycles. The molecule has 3 aromatic carbocycles. The van der Waals surface area contributed by atoms with Gasteiger partial charge in [-0.05, 0) is 48.9 Å². The number of hydrogen-bond acceptors (Lipinski definition) is 8. The molecular formula is C23H22N8. The van der Waals surface area contributed by atoms with E-state index >= 15 is 0 Å². The molecule has 31 heavy (non-hydrogen) atoms. The minimum atomic E-state index is 0.307. The molecule has 0 radical (unpaired) electrons. The first-order valence-corrected chi connectivity index (χ1v) is 9.72. The van der Waals surface area contributed by atoms with E-state index in [1.54, 1.807) is 0 Å². The minimum absolute atomic E-state index is 0.307. The summed E-state index contributed by atoms with van der Waals surface area (Å²) in [4.78, 5) is 13.3. The van der Waals surface area contributed by atoms with Crippen molar-refractivity contribution in [2.24, 2.45) is 5.10 Å². The van der Waals surface area contributed by atoms with Gasteiger partial charge in [-0.25, -0.2) is 5.43 Å². The molecule has 4 rings (SSSR count). The number of hydrogen-bond donors (Lipinski definition) is 4. The van der Waals surface area contributed by atoms with Gasteiger partial charge in [-0.1, -0.05) is 48.5 Å². The van der Waals surface area contributed by atoms with Crippen LogP contribution in [-0.2, 0) is 0 Å². The Kier molecular flexibility index (Phi) is 5.99. The van der Waals surface area contributed by atoms with Crippen LogP contribution >= 0.6 is 0 Å². The zero-order valence-corrected chi connectivity index (χ0v) is 16.9. The fourth-order valence-electron chi connectivity index (χ4n) is 2.76. The van der Waals surface area contributed by atoms with Crippen LogP contribution in [0.1, 0.15) is 12.5 Å². The Balaban J connectivity index is 1.60. The SMILES string of the molecule is CC(=NNc1nc(Nc2ccccc2)nc(Nc2ccccc2)n1)c1ccc(N)cc1. The van der Waals surface area contributed by atoms with Crippen LogP contribution in [0.25, 0.3) is 0 Å². The monoisotopic (exact) mass is 410 g/mol. The first-order chi connectivity index (χ1) is 15.2. The summed E-state index contributed by atoms with van der Waals surface area (Å²) in [5.41, 5.74) is 12.8. The van der Waals surface area contributed by atoms with Crippen molar-refractivity contribution in [2.75, 3.05) is 21.8 Å². The Hall–Kier alpha value is -4.46. The van der Waals surface area contributed by atoms with Crippen LogP contribution in [0.2, 0.25) is 0 Å². The van der Waals surface area contributed by atoms with Crippen molar-refractivity contribution in [3.63, 3.8) is 0 Å². The van der Waals surface area contributed by atoms with E-state index in [9.17, 15) is 0 Å². The lowest BCUT2D eigenvalue weighted by Gasteiger charge is -2.10. The summed E-state index contributed by atoms with van der Waals surface area (Å²) in [6.07, 6.45) is 0. The lowest BCUT2D eigenvalue weighted by molar-refractivity contribution is 1.04. The molecule has 0 amide bonds. The topological polar surface area (TPSA) is 113 Å². The Labute approximate surface area is 180 Å². The number of benzene rings is 3. The predicted octanol–water partition coefficient (Wildman–Crippen LogP) is 4.78. The Morgan fingerprint density at radius 1 is 0.677 bits per heavy atom. The summed E-state index contributed by atoms with van der Waals surface area (Å²) < 4.78 is 0. The number of hydrazone groups is 1. The van der Waals surface area contributed by atoms with E-state index in [-0.39, 0.29) is 0 Å². The normalized spacial score (nSPS) is 11.1. The summed E-state index contributed by atoms with van der Waals surface area (Å²) in [6.45, 7) is 1.89. The van der Waals surface area contributed by atoms with Crippen LogP contribution in [0.15, 0.2) is 90.0 Å². The third-order valence-corrected chi connectivity index (χ3v) is 4.35. The third kappa shape index (κ3) is 5.54. The summed E-state index contributed by atoms with van der Waals surface area (Å²) in [6, 6.07) is 26.9. The van der Waals surface area contributed by atoms with Gasteiger partial charge >= 0.3 is 0 Å². The maximum atomic E-state index is 5.76. The zero-order valence-electron chi connectivity index (χ0n) is 16.9. The molecule has 0 aliphatic rings. The number of nitrogens with two attached hydrogens (primary N) is 1. The fourth-order valence-corrected chi connectivity index (χ4v) is 2.76. The Morgan fingerprint density at radius 2 is 1.16 bits per heavy atom. The van der Waals surface area contributed by atoms with Gasteiger partial charge in [-0.3, -0.25) is 0 Å². The molecule has 0 saturated carbocycles. The van der Waals surface area contributed by atoms with E-state index in [0.717, 1.165) is 22.6 Å². The predicted molar refractivity (Wildman–Crippen MR) is 126 cm³/mol. The molecule has 5 N–H and O–H groups in total. The highest BCUT2D eigenvalue weighted by molar-refractivity contribution is 5.99. The maximum absolute atomic E-state index is 5.76. The van der Waals surface area contributed by atoms with Crippen molar-refractivity contribution < 1.29 is 0 Å². The molecule has 0 fully saturated rings. The molecule has 0 saturated heterocycles. The van der Waals surface area contributed by atoms with Crippen LogP contribution < -0.4 is 21.8 Å². The van der Waals surface area contributed by atoms with Gasteiger partial charge in [-0.2, -0.15) is 20.1 Å². The molecule has 0 unspecified atom stereocenters. The summed E-state index contributed by atoms with van der Waals surface area (Å²) in [5, 5.41) is 10.8. The summed E-state index contributed by atoms with van der Waals surface area (Å²) in [7, 11) is 0. The van der Waals surface area contributed by atoms with Crippen molar-refractivity contribution >= 4 is 40.6 Å². The number of nitrogens with zero attached hydrogens (tertiary/aromatic N) is 4.